The van der Waals surface area contributed by atoms with Crippen LogP contribution in [0.3, 0.4) is 0 Å². The van der Waals surface area contributed by atoms with Gasteiger partial charge in [-0.05, 0) is 47.8 Å². The molecule has 2 aromatic rings. The lowest BCUT2D eigenvalue weighted by Gasteiger charge is -2.16. The second-order valence-electron chi connectivity index (χ2n) is 5.62. The quantitative estimate of drug-likeness (QED) is 0.681. The lowest BCUT2D eigenvalue weighted by atomic mass is 9.88. The van der Waals surface area contributed by atoms with E-state index in [1.807, 2.05) is 0 Å². The van der Waals surface area contributed by atoms with E-state index >= 15 is 0 Å². The van der Waals surface area contributed by atoms with Gasteiger partial charge in [0.1, 0.15) is 0 Å². The van der Waals surface area contributed by atoms with E-state index in [2.05, 4.69) is 67.2 Å². The van der Waals surface area contributed by atoms with Crippen molar-refractivity contribution in [3.8, 4) is 0 Å². The maximum Gasteiger partial charge on any atom is -0.00432 e. The van der Waals surface area contributed by atoms with Gasteiger partial charge in [-0.1, -0.05) is 67.2 Å². The zero-order valence-corrected chi connectivity index (χ0v) is 11.3. The van der Waals surface area contributed by atoms with Gasteiger partial charge in [-0.25, -0.2) is 0 Å². The average Bonchev–Trinajstić information content (AvgIpc) is 3.28. The summed E-state index contributed by atoms with van der Waals surface area (Å²) in [4.78, 5) is 0. The maximum atomic E-state index is 4.25. The third kappa shape index (κ3) is 2.63. The van der Waals surface area contributed by atoms with Gasteiger partial charge in [-0.15, -0.1) is 0 Å². The first-order chi connectivity index (χ1) is 9.30. The zero-order valence-electron chi connectivity index (χ0n) is 11.3. The van der Waals surface area contributed by atoms with Crippen LogP contribution < -0.4 is 0 Å². The minimum Gasteiger partial charge on any atom is -0.0952 e. The monoisotopic (exact) mass is 248 g/mol. The van der Waals surface area contributed by atoms with E-state index in [1.54, 1.807) is 0 Å². The van der Waals surface area contributed by atoms with E-state index in [4.69, 9.17) is 0 Å². The van der Waals surface area contributed by atoms with Crippen LogP contribution in [0.5, 0.6) is 0 Å². The Morgan fingerprint density at radius 2 is 1.47 bits per heavy atom. The number of hydrogen-bond donors (Lipinski definition) is 0. The zero-order chi connectivity index (χ0) is 13.1. The average molecular weight is 248 g/mol. The van der Waals surface area contributed by atoms with Crippen molar-refractivity contribution in [2.75, 3.05) is 0 Å². The third-order valence-corrected chi connectivity index (χ3v) is 4.33. The standard InChI is InChI=1S/C19H20/c1-16(17-8-4-2-5-9-17)12-13-19(14-15-19)18-10-6-3-7-11-18/h2-11H,1,12-15H2. The first kappa shape index (κ1) is 12.2. The van der Waals surface area contributed by atoms with Crippen molar-refractivity contribution in [1.82, 2.24) is 0 Å². The van der Waals surface area contributed by atoms with E-state index in [9.17, 15) is 0 Å². The molecule has 0 saturated heterocycles. The summed E-state index contributed by atoms with van der Waals surface area (Å²) in [6.07, 6.45) is 4.99. The fourth-order valence-electron chi connectivity index (χ4n) is 2.83. The molecule has 0 atom stereocenters. The highest BCUT2D eigenvalue weighted by molar-refractivity contribution is 5.63. The molecule has 1 saturated carbocycles. The van der Waals surface area contributed by atoms with Crippen LogP contribution in [0.1, 0.15) is 36.8 Å². The normalized spacial score (nSPS) is 16.0. The fraction of sp³-hybridized carbons (Fsp3) is 0.263. The number of rotatable bonds is 5. The molecule has 0 amide bonds. The van der Waals surface area contributed by atoms with E-state index < -0.39 is 0 Å². The minimum absolute atomic E-state index is 0.443. The lowest BCUT2D eigenvalue weighted by molar-refractivity contribution is 0.633. The van der Waals surface area contributed by atoms with Crippen molar-refractivity contribution >= 4 is 5.57 Å². The van der Waals surface area contributed by atoms with Gasteiger partial charge in [0.05, 0.1) is 0 Å². The van der Waals surface area contributed by atoms with Crippen LogP contribution in [0.4, 0.5) is 0 Å². The molecule has 1 fully saturated rings. The Kier molecular flexibility index (Phi) is 3.25. The summed E-state index contributed by atoms with van der Waals surface area (Å²) in [6, 6.07) is 21.5. The van der Waals surface area contributed by atoms with Crippen molar-refractivity contribution in [3.63, 3.8) is 0 Å². The number of hydrogen-bond acceptors (Lipinski definition) is 0. The van der Waals surface area contributed by atoms with Crippen molar-refractivity contribution in [3.05, 3.63) is 78.4 Å². The summed E-state index contributed by atoms with van der Waals surface area (Å²) in [5, 5.41) is 0. The Labute approximate surface area is 115 Å². The minimum atomic E-state index is 0.443. The van der Waals surface area contributed by atoms with Crippen LogP contribution in [-0.2, 0) is 5.41 Å². The van der Waals surface area contributed by atoms with Crippen molar-refractivity contribution in [1.29, 1.82) is 0 Å². The molecule has 0 nitrogen and oxygen atoms in total. The molecule has 2 aromatic carbocycles. The van der Waals surface area contributed by atoms with Crippen molar-refractivity contribution < 1.29 is 0 Å². The summed E-state index contributed by atoms with van der Waals surface area (Å²) in [7, 11) is 0. The van der Waals surface area contributed by atoms with Gasteiger partial charge >= 0.3 is 0 Å². The van der Waals surface area contributed by atoms with Gasteiger partial charge in [0.2, 0.25) is 0 Å². The number of benzene rings is 2. The highest BCUT2D eigenvalue weighted by Gasteiger charge is 2.43. The summed E-state index contributed by atoms with van der Waals surface area (Å²) < 4.78 is 0. The highest BCUT2D eigenvalue weighted by atomic mass is 14.5. The van der Waals surface area contributed by atoms with Gasteiger partial charge in [0, 0.05) is 0 Å². The molecule has 0 aromatic heterocycles. The molecule has 0 spiro atoms. The van der Waals surface area contributed by atoms with Gasteiger partial charge in [0.15, 0.2) is 0 Å². The Balaban J connectivity index is 1.66. The largest absolute Gasteiger partial charge is 0.0952 e. The smallest absolute Gasteiger partial charge is 0.00432 e. The molecule has 0 unspecified atom stereocenters. The molecule has 0 N–H and O–H groups in total. The molecule has 1 aliphatic rings. The van der Waals surface area contributed by atoms with Crippen molar-refractivity contribution in [2.24, 2.45) is 0 Å². The predicted octanol–water partition coefficient (Wildman–Crippen LogP) is 5.21. The first-order valence-electron chi connectivity index (χ1n) is 7.09. The van der Waals surface area contributed by atoms with Crippen LogP contribution in [0.25, 0.3) is 5.57 Å². The SMILES string of the molecule is C=C(CCC1(c2ccccc2)CC1)c1ccccc1. The lowest BCUT2D eigenvalue weighted by Crippen LogP contribution is -2.06. The summed E-state index contributed by atoms with van der Waals surface area (Å²) >= 11 is 0. The van der Waals surface area contributed by atoms with E-state index in [-0.39, 0.29) is 0 Å². The fourth-order valence-corrected chi connectivity index (χ4v) is 2.83. The van der Waals surface area contributed by atoms with Gasteiger partial charge in [-0.2, -0.15) is 0 Å². The molecule has 0 radical (unpaired) electrons. The second kappa shape index (κ2) is 5.05. The number of allylic oxidation sites excluding steroid dienone is 1. The molecular formula is C19H20. The molecule has 3 rings (SSSR count). The molecular weight excluding hydrogens is 228 g/mol. The molecule has 0 heterocycles. The summed E-state index contributed by atoms with van der Waals surface area (Å²) in [6.45, 7) is 4.25. The van der Waals surface area contributed by atoms with E-state index in [0.717, 1.165) is 6.42 Å². The van der Waals surface area contributed by atoms with Crippen LogP contribution in [0, 0.1) is 0 Å². The molecule has 1 aliphatic carbocycles. The van der Waals surface area contributed by atoms with Crippen molar-refractivity contribution in [2.45, 2.75) is 31.1 Å². The highest BCUT2D eigenvalue weighted by Crippen LogP contribution is 2.52. The molecule has 0 aliphatic heterocycles. The second-order valence-corrected chi connectivity index (χ2v) is 5.62. The molecule has 0 bridgehead atoms. The van der Waals surface area contributed by atoms with E-state index in [1.165, 1.54) is 36.0 Å². The molecule has 0 heteroatoms. The maximum absolute atomic E-state index is 4.25. The Morgan fingerprint density at radius 1 is 0.895 bits per heavy atom. The Morgan fingerprint density at radius 3 is 2.05 bits per heavy atom. The third-order valence-electron chi connectivity index (χ3n) is 4.33. The molecule has 96 valence electrons. The summed E-state index contributed by atoms with van der Waals surface area (Å²) in [5.41, 5.74) is 4.50. The van der Waals surface area contributed by atoms with Crippen LogP contribution in [0.15, 0.2) is 67.2 Å². The first-order valence-corrected chi connectivity index (χ1v) is 7.09. The summed E-state index contributed by atoms with van der Waals surface area (Å²) in [5.74, 6) is 0. The van der Waals surface area contributed by atoms with Gasteiger partial charge in [0.25, 0.3) is 0 Å². The van der Waals surface area contributed by atoms with Crippen LogP contribution in [-0.4, -0.2) is 0 Å². The topological polar surface area (TPSA) is 0 Å². The van der Waals surface area contributed by atoms with Crippen LogP contribution >= 0.6 is 0 Å². The van der Waals surface area contributed by atoms with Gasteiger partial charge < -0.3 is 0 Å². The van der Waals surface area contributed by atoms with E-state index in [0.29, 0.717) is 5.41 Å². The predicted molar refractivity (Wildman–Crippen MR) is 82.1 cm³/mol. The Hall–Kier alpha value is -1.82. The van der Waals surface area contributed by atoms with Gasteiger partial charge in [-0.3, -0.25) is 0 Å². The Bertz CT molecular complexity index is 547. The van der Waals surface area contributed by atoms with Crippen LogP contribution in [0.2, 0.25) is 0 Å². The molecule has 19 heavy (non-hydrogen) atoms.